The van der Waals surface area contributed by atoms with Crippen molar-refractivity contribution in [1.29, 1.82) is 0 Å². The zero-order valence-electron chi connectivity index (χ0n) is 15.4. The molecule has 3 fully saturated rings. The maximum atomic E-state index is 12.6. The minimum absolute atomic E-state index is 0.143. The van der Waals surface area contributed by atoms with Crippen molar-refractivity contribution in [1.82, 2.24) is 24.7 Å². The van der Waals surface area contributed by atoms with Gasteiger partial charge in [-0.15, -0.1) is 0 Å². The summed E-state index contributed by atoms with van der Waals surface area (Å²) in [6.07, 6.45) is 10.9. The van der Waals surface area contributed by atoms with Crippen molar-refractivity contribution in [2.24, 2.45) is 13.0 Å². The van der Waals surface area contributed by atoms with Crippen molar-refractivity contribution in [2.75, 3.05) is 32.7 Å². The molecule has 4 rings (SSSR count). The van der Waals surface area contributed by atoms with Crippen LogP contribution in [0.5, 0.6) is 0 Å². The lowest BCUT2D eigenvalue weighted by molar-refractivity contribution is 0.159. The van der Waals surface area contributed by atoms with Crippen molar-refractivity contribution < 1.29 is 4.79 Å². The summed E-state index contributed by atoms with van der Waals surface area (Å²) in [6, 6.07) is 0.502. The topological polar surface area (TPSA) is 53.4 Å². The Bertz CT molecular complexity index is 580. The van der Waals surface area contributed by atoms with Crippen LogP contribution in [0.1, 0.15) is 50.1 Å². The first-order chi connectivity index (χ1) is 12.2. The number of urea groups is 1. The van der Waals surface area contributed by atoms with Gasteiger partial charge in [0.25, 0.3) is 0 Å². The number of carbonyl (C=O) groups is 1. The number of hydrogen-bond donors (Lipinski definition) is 1. The molecular formula is C19H31N5O. The first-order valence-electron chi connectivity index (χ1n) is 9.93. The molecule has 0 bridgehead atoms. The summed E-state index contributed by atoms with van der Waals surface area (Å²) in [5, 5.41) is 3.28. The molecule has 25 heavy (non-hydrogen) atoms. The van der Waals surface area contributed by atoms with E-state index in [0.29, 0.717) is 12.0 Å². The average Bonchev–Trinajstić information content (AvgIpc) is 3.34. The molecule has 0 radical (unpaired) electrons. The highest BCUT2D eigenvalue weighted by Gasteiger charge is 2.29. The number of carbonyl (C=O) groups excluding carboxylic acids is 1. The van der Waals surface area contributed by atoms with Crippen LogP contribution >= 0.6 is 0 Å². The number of hydrogen-bond acceptors (Lipinski definition) is 3. The Hall–Kier alpha value is -1.56. The fourth-order valence-electron chi connectivity index (χ4n) is 4.33. The van der Waals surface area contributed by atoms with Gasteiger partial charge in [0.1, 0.15) is 0 Å². The molecule has 2 aliphatic heterocycles. The monoisotopic (exact) mass is 345 g/mol. The van der Waals surface area contributed by atoms with Crippen LogP contribution < -0.4 is 5.32 Å². The van der Waals surface area contributed by atoms with Crippen molar-refractivity contribution in [3.63, 3.8) is 0 Å². The number of imidazole rings is 1. The number of piperidine rings is 2. The Morgan fingerprint density at radius 1 is 1.12 bits per heavy atom. The predicted octanol–water partition coefficient (Wildman–Crippen LogP) is 2.18. The third-order valence-electron chi connectivity index (χ3n) is 6.18. The number of rotatable bonds is 4. The van der Waals surface area contributed by atoms with Crippen molar-refractivity contribution in [2.45, 2.75) is 50.5 Å². The Morgan fingerprint density at radius 3 is 2.44 bits per heavy atom. The Morgan fingerprint density at radius 2 is 1.84 bits per heavy atom. The number of amides is 2. The molecular weight excluding hydrogens is 314 g/mol. The number of aryl methyl sites for hydroxylation is 1. The van der Waals surface area contributed by atoms with Gasteiger partial charge in [0.05, 0.1) is 6.33 Å². The van der Waals surface area contributed by atoms with E-state index in [4.69, 9.17) is 0 Å². The van der Waals surface area contributed by atoms with Gasteiger partial charge >= 0.3 is 6.03 Å². The molecule has 1 saturated carbocycles. The molecule has 0 aromatic carbocycles. The molecule has 6 heteroatoms. The molecule has 1 aliphatic carbocycles. The predicted molar refractivity (Wildman–Crippen MR) is 97.5 cm³/mol. The highest BCUT2D eigenvalue weighted by Crippen LogP contribution is 2.30. The minimum Gasteiger partial charge on any atom is -0.337 e. The van der Waals surface area contributed by atoms with Crippen LogP contribution in [0.4, 0.5) is 4.79 Å². The molecule has 1 aromatic heterocycles. The van der Waals surface area contributed by atoms with E-state index >= 15 is 0 Å². The second-order valence-electron chi connectivity index (χ2n) is 8.16. The van der Waals surface area contributed by atoms with E-state index < -0.39 is 0 Å². The molecule has 1 aromatic rings. The molecule has 0 unspecified atom stereocenters. The van der Waals surface area contributed by atoms with Gasteiger partial charge in [0, 0.05) is 63.6 Å². The van der Waals surface area contributed by atoms with E-state index in [1.54, 1.807) is 0 Å². The lowest BCUT2D eigenvalue weighted by Gasteiger charge is -2.36. The van der Waals surface area contributed by atoms with Crippen molar-refractivity contribution in [3.05, 3.63) is 18.2 Å². The smallest absolute Gasteiger partial charge is 0.317 e. The largest absolute Gasteiger partial charge is 0.337 e. The summed E-state index contributed by atoms with van der Waals surface area (Å²) in [5.41, 5.74) is 1.29. The lowest BCUT2D eigenvalue weighted by atomic mass is 9.94. The third-order valence-corrected chi connectivity index (χ3v) is 6.18. The SMILES string of the molecule is Cn1cncc1C1CCN(C(=O)NC2CCN(CC3CC3)CC2)CC1. The third kappa shape index (κ3) is 4.17. The molecule has 0 atom stereocenters. The molecule has 138 valence electrons. The fourth-order valence-corrected chi connectivity index (χ4v) is 4.33. The highest BCUT2D eigenvalue weighted by molar-refractivity contribution is 5.74. The Kier molecular flexibility index (Phi) is 4.97. The van der Waals surface area contributed by atoms with Gasteiger partial charge in [0.2, 0.25) is 0 Å². The van der Waals surface area contributed by atoms with Crippen LogP contribution in [-0.4, -0.2) is 64.1 Å². The normalized spacial score (nSPS) is 23.8. The van der Waals surface area contributed by atoms with Crippen LogP contribution in [-0.2, 0) is 7.05 Å². The fraction of sp³-hybridized carbons (Fsp3) is 0.789. The Labute approximate surface area is 150 Å². The van der Waals surface area contributed by atoms with E-state index in [1.807, 2.05) is 17.4 Å². The van der Waals surface area contributed by atoms with Gasteiger partial charge in [0.15, 0.2) is 0 Å². The standard InChI is InChI=1S/C19H31N5O/c1-22-14-20-12-18(22)16-4-10-24(11-5-16)19(25)21-17-6-8-23(9-7-17)13-15-2-3-15/h12,14-17H,2-11,13H2,1H3,(H,21,25). The number of aromatic nitrogens is 2. The zero-order valence-corrected chi connectivity index (χ0v) is 15.4. The molecule has 3 heterocycles. The zero-order chi connectivity index (χ0) is 17.2. The van der Waals surface area contributed by atoms with E-state index in [-0.39, 0.29) is 6.03 Å². The van der Waals surface area contributed by atoms with Crippen LogP contribution in [0.2, 0.25) is 0 Å². The van der Waals surface area contributed by atoms with Crippen molar-refractivity contribution in [3.8, 4) is 0 Å². The van der Waals surface area contributed by atoms with Gasteiger partial charge in [-0.05, 0) is 44.4 Å². The maximum Gasteiger partial charge on any atom is 0.317 e. The summed E-state index contributed by atoms with van der Waals surface area (Å²) < 4.78 is 2.11. The summed E-state index contributed by atoms with van der Waals surface area (Å²) in [4.78, 5) is 21.4. The number of nitrogens with zero attached hydrogens (tertiary/aromatic N) is 4. The lowest BCUT2D eigenvalue weighted by Crippen LogP contribution is -2.51. The second kappa shape index (κ2) is 7.36. The van der Waals surface area contributed by atoms with Crippen LogP contribution in [0.15, 0.2) is 12.5 Å². The number of likely N-dealkylation sites (tertiary alicyclic amines) is 2. The molecule has 1 N–H and O–H groups in total. The molecule has 2 amide bonds. The minimum atomic E-state index is 0.143. The molecule has 2 saturated heterocycles. The first kappa shape index (κ1) is 16.9. The molecule has 3 aliphatic rings. The van der Waals surface area contributed by atoms with Crippen LogP contribution in [0.3, 0.4) is 0 Å². The van der Waals surface area contributed by atoms with Crippen LogP contribution in [0.25, 0.3) is 0 Å². The van der Waals surface area contributed by atoms with Crippen molar-refractivity contribution >= 4 is 6.03 Å². The summed E-state index contributed by atoms with van der Waals surface area (Å²) in [6.45, 7) is 5.26. The first-order valence-corrected chi connectivity index (χ1v) is 9.93. The van der Waals surface area contributed by atoms with Gasteiger partial charge < -0.3 is 19.7 Å². The van der Waals surface area contributed by atoms with Gasteiger partial charge in [-0.2, -0.15) is 0 Å². The summed E-state index contributed by atoms with van der Waals surface area (Å²) in [7, 11) is 2.05. The second-order valence-corrected chi connectivity index (χ2v) is 8.16. The Balaban J connectivity index is 1.19. The molecule has 0 spiro atoms. The van der Waals surface area contributed by atoms with Gasteiger partial charge in [-0.1, -0.05) is 0 Å². The van der Waals surface area contributed by atoms with E-state index in [2.05, 4.69) is 26.8 Å². The van der Waals surface area contributed by atoms with Gasteiger partial charge in [-0.25, -0.2) is 9.78 Å². The van der Waals surface area contributed by atoms with E-state index in [1.165, 1.54) is 25.1 Å². The molecule has 6 nitrogen and oxygen atoms in total. The maximum absolute atomic E-state index is 12.6. The average molecular weight is 345 g/mol. The number of nitrogens with one attached hydrogen (secondary N) is 1. The summed E-state index contributed by atoms with van der Waals surface area (Å²) >= 11 is 0. The van der Waals surface area contributed by atoms with E-state index in [0.717, 1.165) is 57.8 Å². The van der Waals surface area contributed by atoms with Gasteiger partial charge in [-0.3, -0.25) is 0 Å². The van der Waals surface area contributed by atoms with E-state index in [9.17, 15) is 4.79 Å². The van der Waals surface area contributed by atoms with Crippen LogP contribution in [0, 0.1) is 5.92 Å². The highest BCUT2D eigenvalue weighted by atomic mass is 16.2. The quantitative estimate of drug-likeness (QED) is 0.910. The summed E-state index contributed by atoms with van der Waals surface area (Å²) in [5.74, 6) is 1.49.